The van der Waals surface area contributed by atoms with Gasteiger partial charge in [-0.2, -0.15) is 0 Å². The summed E-state index contributed by atoms with van der Waals surface area (Å²) in [7, 11) is 0. The minimum absolute atomic E-state index is 0.234. The van der Waals surface area contributed by atoms with Crippen LogP contribution in [0.5, 0.6) is 0 Å². The third-order valence-electron chi connectivity index (χ3n) is 2.41. The number of hydrogen-bond acceptors (Lipinski definition) is 2. The lowest BCUT2D eigenvalue weighted by molar-refractivity contribution is 0.0492. The van der Waals surface area contributed by atoms with E-state index >= 15 is 0 Å². The standard InChI is InChI=1S/C13H15ClF2O2/c14-7-3-1-2-4-8-18-13(17)11-6-5-10(15)9-12(11)16/h5-6,9H,1-4,7-8H2. The zero-order valence-electron chi connectivity index (χ0n) is 9.93. The van der Waals surface area contributed by atoms with Crippen LogP contribution >= 0.6 is 11.6 Å². The summed E-state index contributed by atoms with van der Waals surface area (Å²) in [6.07, 6.45) is 3.53. The molecule has 0 saturated carbocycles. The van der Waals surface area contributed by atoms with Crippen LogP contribution in [0, 0.1) is 11.6 Å². The van der Waals surface area contributed by atoms with Gasteiger partial charge in [0.25, 0.3) is 0 Å². The van der Waals surface area contributed by atoms with Crippen LogP contribution in [0.1, 0.15) is 36.0 Å². The molecule has 2 nitrogen and oxygen atoms in total. The highest BCUT2D eigenvalue weighted by molar-refractivity contribution is 6.17. The molecule has 1 rings (SSSR count). The van der Waals surface area contributed by atoms with Crippen molar-refractivity contribution in [3.05, 3.63) is 35.4 Å². The highest BCUT2D eigenvalue weighted by Gasteiger charge is 2.13. The van der Waals surface area contributed by atoms with Gasteiger partial charge in [0.05, 0.1) is 12.2 Å². The van der Waals surface area contributed by atoms with Gasteiger partial charge in [0.2, 0.25) is 0 Å². The van der Waals surface area contributed by atoms with Crippen LogP contribution in [0.15, 0.2) is 18.2 Å². The summed E-state index contributed by atoms with van der Waals surface area (Å²) in [6.45, 7) is 0.234. The molecule has 0 radical (unpaired) electrons. The normalized spacial score (nSPS) is 10.4. The largest absolute Gasteiger partial charge is 0.462 e. The molecule has 0 N–H and O–H groups in total. The van der Waals surface area contributed by atoms with Gasteiger partial charge in [0.15, 0.2) is 0 Å². The van der Waals surface area contributed by atoms with E-state index in [4.69, 9.17) is 16.3 Å². The molecule has 0 bridgehead atoms. The Bertz CT molecular complexity index is 397. The minimum atomic E-state index is -0.901. The lowest BCUT2D eigenvalue weighted by Crippen LogP contribution is -2.08. The molecule has 0 aromatic heterocycles. The third kappa shape index (κ3) is 5.00. The van der Waals surface area contributed by atoms with E-state index in [0.717, 1.165) is 31.4 Å². The number of esters is 1. The SMILES string of the molecule is O=C(OCCCCCCCl)c1ccc(F)cc1F. The Hall–Kier alpha value is -1.16. The van der Waals surface area contributed by atoms with Crippen molar-refractivity contribution in [2.45, 2.75) is 25.7 Å². The van der Waals surface area contributed by atoms with E-state index in [-0.39, 0.29) is 12.2 Å². The van der Waals surface area contributed by atoms with Crippen LogP contribution in [-0.4, -0.2) is 18.5 Å². The highest BCUT2D eigenvalue weighted by Crippen LogP contribution is 2.11. The van der Waals surface area contributed by atoms with Gasteiger partial charge in [-0.15, -0.1) is 11.6 Å². The van der Waals surface area contributed by atoms with Crippen LogP contribution in [0.25, 0.3) is 0 Å². The third-order valence-corrected chi connectivity index (χ3v) is 2.68. The maximum Gasteiger partial charge on any atom is 0.341 e. The first-order chi connectivity index (χ1) is 8.65. The van der Waals surface area contributed by atoms with E-state index in [0.29, 0.717) is 18.4 Å². The summed E-state index contributed by atoms with van der Waals surface area (Å²) < 4.78 is 30.7. The predicted octanol–water partition coefficient (Wildman–Crippen LogP) is 3.92. The first kappa shape index (κ1) is 14.9. The maximum atomic E-state index is 13.2. The van der Waals surface area contributed by atoms with Crippen molar-refractivity contribution in [3.63, 3.8) is 0 Å². The fourth-order valence-corrected chi connectivity index (χ4v) is 1.64. The van der Waals surface area contributed by atoms with Crippen LogP contribution in [-0.2, 0) is 4.74 Å². The summed E-state index contributed by atoms with van der Waals surface area (Å²) in [5, 5.41) is 0. The fraction of sp³-hybridized carbons (Fsp3) is 0.462. The van der Waals surface area contributed by atoms with E-state index in [9.17, 15) is 13.6 Å². The van der Waals surface area contributed by atoms with Crippen molar-refractivity contribution in [3.8, 4) is 0 Å². The molecule has 100 valence electrons. The number of carbonyl (C=O) groups excluding carboxylic acids is 1. The zero-order chi connectivity index (χ0) is 13.4. The van der Waals surface area contributed by atoms with Crippen molar-refractivity contribution < 1.29 is 18.3 Å². The molecule has 5 heteroatoms. The topological polar surface area (TPSA) is 26.3 Å². The molecule has 0 saturated heterocycles. The van der Waals surface area contributed by atoms with Gasteiger partial charge in [-0.25, -0.2) is 13.6 Å². The summed E-state index contributed by atoms with van der Waals surface area (Å²) in [6, 6.07) is 2.78. The summed E-state index contributed by atoms with van der Waals surface area (Å²) in [5.41, 5.74) is -0.239. The lowest BCUT2D eigenvalue weighted by atomic mass is 10.2. The average Bonchev–Trinajstić information content (AvgIpc) is 2.33. The quantitative estimate of drug-likeness (QED) is 0.429. The van der Waals surface area contributed by atoms with Crippen molar-refractivity contribution in [1.29, 1.82) is 0 Å². The molecular weight excluding hydrogens is 262 g/mol. The molecule has 0 aliphatic heterocycles. The first-order valence-electron chi connectivity index (χ1n) is 5.83. The minimum Gasteiger partial charge on any atom is -0.462 e. The van der Waals surface area contributed by atoms with Gasteiger partial charge >= 0.3 is 5.97 Å². The summed E-state index contributed by atoms with van der Waals surface area (Å²) in [5.74, 6) is -1.75. The van der Waals surface area contributed by atoms with Gasteiger partial charge in [-0.1, -0.05) is 12.8 Å². The van der Waals surface area contributed by atoms with Crippen LogP contribution in [0.2, 0.25) is 0 Å². The van der Waals surface area contributed by atoms with Crippen LogP contribution in [0.4, 0.5) is 8.78 Å². The van der Waals surface area contributed by atoms with Crippen molar-refractivity contribution in [2.24, 2.45) is 0 Å². The van der Waals surface area contributed by atoms with Gasteiger partial charge in [-0.3, -0.25) is 0 Å². The van der Waals surface area contributed by atoms with Crippen LogP contribution < -0.4 is 0 Å². The molecule has 0 fully saturated rings. The molecule has 0 aliphatic carbocycles. The second-order valence-corrected chi connectivity index (χ2v) is 4.24. The van der Waals surface area contributed by atoms with Crippen molar-refractivity contribution >= 4 is 17.6 Å². The average molecular weight is 277 g/mol. The molecule has 0 heterocycles. The molecule has 1 aromatic carbocycles. The molecule has 0 spiro atoms. The second-order valence-electron chi connectivity index (χ2n) is 3.86. The number of rotatable bonds is 7. The lowest BCUT2D eigenvalue weighted by Gasteiger charge is -2.05. The number of halogens is 3. The predicted molar refractivity (Wildman–Crippen MR) is 65.8 cm³/mol. The number of hydrogen-bond donors (Lipinski definition) is 0. The number of unbranched alkanes of at least 4 members (excludes halogenated alkanes) is 3. The van der Waals surface area contributed by atoms with Gasteiger partial charge in [0.1, 0.15) is 11.6 Å². The molecule has 1 aromatic rings. The zero-order valence-corrected chi connectivity index (χ0v) is 10.7. The van der Waals surface area contributed by atoms with Crippen LogP contribution in [0.3, 0.4) is 0 Å². The van der Waals surface area contributed by atoms with E-state index < -0.39 is 17.6 Å². The molecule has 0 amide bonds. The Labute approximate surface area is 110 Å². The van der Waals surface area contributed by atoms with E-state index in [2.05, 4.69) is 0 Å². The van der Waals surface area contributed by atoms with Gasteiger partial charge in [0, 0.05) is 11.9 Å². The Kier molecular flexibility index (Phi) is 6.65. The molecule has 0 aliphatic rings. The highest BCUT2D eigenvalue weighted by atomic mass is 35.5. The Morgan fingerprint density at radius 1 is 1.17 bits per heavy atom. The molecular formula is C13H15ClF2O2. The van der Waals surface area contributed by atoms with E-state index in [1.54, 1.807) is 0 Å². The number of carbonyl (C=O) groups is 1. The van der Waals surface area contributed by atoms with Crippen molar-refractivity contribution in [2.75, 3.05) is 12.5 Å². The van der Waals surface area contributed by atoms with Gasteiger partial charge < -0.3 is 4.74 Å². The fourth-order valence-electron chi connectivity index (χ4n) is 1.45. The Morgan fingerprint density at radius 2 is 1.89 bits per heavy atom. The maximum absolute atomic E-state index is 13.2. The number of ether oxygens (including phenoxy) is 1. The number of benzene rings is 1. The van der Waals surface area contributed by atoms with E-state index in [1.807, 2.05) is 0 Å². The Balaban J connectivity index is 2.32. The summed E-state index contributed by atoms with van der Waals surface area (Å²) in [4.78, 5) is 11.5. The molecule has 0 unspecified atom stereocenters. The smallest absolute Gasteiger partial charge is 0.341 e. The van der Waals surface area contributed by atoms with Gasteiger partial charge in [-0.05, 0) is 25.0 Å². The monoisotopic (exact) mass is 276 g/mol. The molecule has 18 heavy (non-hydrogen) atoms. The Morgan fingerprint density at radius 3 is 2.56 bits per heavy atom. The second kappa shape index (κ2) is 8.03. The number of alkyl halides is 1. The molecule has 0 atom stereocenters. The summed E-state index contributed by atoms with van der Waals surface area (Å²) >= 11 is 5.52. The van der Waals surface area contributed by atoms with E-state index in [1.165, 1.54) is 0 Å². The first-order valence-corrected chi connectivity index (χ1v) is 6.36. The van der Waals surface area contributed by atoms with Crippen molar-refractivity contribution in [1.82, 2.24) is 0 Å².